The number of benzene rings is 8. The highest BCUT2D eigenvalue weighted by atomic mass is 32.2. The summed E-state index contributed by atoms with van der Waals surface area (Å²) in [5, 5.41) is 55.1. The van der Waals surface area contributed by atoms with Gasteiger partial charge >= 0.3 is 0 Å². The van der Waals surface area contributed by atoms with Crippen molar-refractivity contribution in [2.45, 2.75) is 201 Å². The third-order valence-electron chi connectivity index (χ3n) is 26.9. The fraction of sp³-hybridized carbons (Fsp3) is 0.439. The van der Waals surface area contributed by atoms with Gasteiger partial charge in [0.15, 0.2) is 0 Å². The van der Waals surface area contributed by atoms with E-state index in [0.717, 1.165) is 141 Å². The van der Waals surface area contributed by atoms with Crippen molar-refractivity contribution in [1.82, 2.24) is 69.6 Å². The molecule has 4 fully saturated rings. The molecule has 4 aliphatic carbocycles. The molecule has 2 unspecified atom stereocenters. The summed E-state index contributed by atoms with van der Waals surface area (Å²) in [6.07, 6.45) is 13.2. The van der Waals surface area contributed by atoms with Crippen LogP contribution in [0, 0.1) is 57.2 Å². The molecular weight excluding hydrogens is 1810 g/mol. The molecule has 31 nitrogen and oxygen atoms in total. The standard InChI is InChI=1S/2C28H33N5O4S.C26H28N4O2.C25H26N4O3/c2*1-18(2)36-26-10-7-20(15-21(26)16-29)28-30-27(31-37-28)24-6-4-5-23-22(24)8-9-25(23)32-38(34,35)14-13-33-12-11-19(3)17-33;1-17(2)31-24-12-9-18(15-19(24)16-27)26-28-25(29-32-26)22-8-6-7-21-20(22)10-11-23(21)30-13-4-3-5-14-30;1-16(2)31-23-9-6-17(14-18(23)15-26)25-27-24(28-32-25)21-5-3-4-20-19(21)7-8-22(20)29-10-12-30-13-11-29/h2*4-7,10,15,18-19,25,32H,8-9,11-14,17H2,1-3H3;6-9,12,15,17,23H,3-5,10-11,13-14H2,1-2H3;3-6,9,14,16,22H,7-8,10-13H2,1-2H3/t19-,25+;19-,25-;;/m10../s1. The molecule has 0 saturated carbocycles. The van der Waals surface area contributed by atoms with Crippen LogP contribution in [0.2, 0.25) is 0 Å². The third kappa shape index (κ3) is 23.4. The summed E-state index contributed by atoms with van der Waals surface area (Å²) in [6.45, 7) is 30.7. The number of nitrogens with one attached hydrogen (secondary N) is 2. The van der Waals surface area contributed by atoms with Gasteiger partial charge in [-0.1, -0.05) is 114 Å². The van der Waals surface area contributed by atoms with E-state index in [1.165, 1.54) is 54.6 Å². The van der Waals surface area contributed by atoms with Gasteiger partial charge in [0.2, 0.25) is 43.3 Å². The molecule has 8 aromatic carbocycles. The average Bonchev–Trinajstić information content (AvgIpc) is 1.64. The zero-order valence-corrected chi connectivity index (χ0v) is 82.6. The van der Waals surface area contributed by atoms with Crippen LogP contribution in [-0.2, 0) is 50.5 Å². The molecule has 8 aliphatic rings. The van der Waals surface area contributed by atoms with Crippen molar-refractivity contribution < 1.29 is 58.6 Å². The lowest BCUT2D eigenvalue weighted by molar-refractivity contribution is 0.0164. The topological polar surface area (TPSA) is 402 Å². The van der Waals surface area contributed by atoms with E-state index in [1.54, 1.807) is 60.7 Å². The summed E-state index contributed by atoms with van der Waals surface area (Å²) in [5.41, 5.74) is 17.5. The number of aromatic nitrogens is 8. The molecule has 0 radical (unpaired) electrons. The summed E-state index contributed by atoms with van der Waals surface area (Å²) >= 11 is 0. The van der Waals surface area contributed by atoms with Crippen LogP contribution in [0.3, 0.4) is 0 Å². The zero-order valence-electron chi connectivity index (χ0n) is 81.0. The summed E-state index contributed by atoms with van der Waals surface area (Å²) in [7, 11) is -6.84. The fourth-order valence-electron chi connectivity index (χ4n) is 20.3. The number of piperidine rings is 1. The first-order valence-electron chi connectivity index (χ1n) is 48.9. The number of hydrogen-bond acceptors (Lipinski definition) is 29. The Morgan fingerprint density at radius 3 is 0.979 bits per heavy atom. The van der Waals surface area contributed by atoms with Crippen molar-refractivity contribution in [2.75, 3.05) is 90.2 Å². The molecule has 0 bridgehead atoms. The van der Waals surface area contributed by atoms with Gasteiger partial charge in [0.05, 0.1) is 71.4 Å². The lowest BCUT2D eigenvalue weighted by Gasteiger charge is -2.32. The van der Waals surface area contributed by atoms with Crippen molar-refractivity contribution in [3.8, 4) is 139 Å². The van der Waals surface area contributed by atoms with Crippen molar-refractivity contribution in [3.05, 3.63) is 212 Å². The molecule has 4 aromatic heterocycles. The highest BCUT2D eigenvalue weighted by Gasteiger charge is 2.38. The Balaban J connectivity index is 0.000000129. The summed E-state index contributed by atoms with van der Waals surface area (Å²) in [5.74, 6) is 7.08. The van der Waals surface area contributed by atoms with Gasteiger partial charge in [-0.05, 0) is 288 Å². The maximum absolute atomic E-state index is 12.9. The van der Waals surface area contributed by atoms with Gasteiger partial charge in [-0.15, -0.1) is 0 Å². The molecule has 2 N–H and O–H groups in total. The molecule has 4 aliphatic heterocycles. The van der Waals surface area contributed by atoms with Crippen molar-refractivity contribution >= 4 is 20.0 Å². The second-order valence-corrected chi connectivity index (χ2v) is 42.2. The Morgan fingerprint density at radius 1 is 0.379 bits per heavy atom. The zero-order chi connectivity index (χ0) is 97.9. The smallest absolute Gasteiger partial charge is 0.258 e. The summed E-state index contributed by atoms with van der Waals surface area (Å²) in [4.78, 5) is 28.2. The van der Waals surface area contributed by atoms with Crippen LogP contribution in [0.4, 0.5) is 0 Å². The number of likely N-dealkylation sites (tertiary alicyclic amines) is 3. The van der Waals surface area contributed by atoms with Crippen molar-refractivity contribution in [1.29, 1.82) is 21.0 Å². The van der Waals surface area contributed by atoms with E-state index >= 15 is 0 Å². The van der Waals surface area contributed by atoms with Crippen LogP contribution < -0.4 is 28.4 Å². The highest BCUT2D eigenvalue weighted by Crippen LogP contribution is 2.46. The first kappa shape index (κ1) is 98.7. The molecule has 728 valence electrons. The van der Waals surface area contributed by atoms with E-state index in [9.17, 15) is 37.9 Å². The first-order chi connectivity index (χ1) is 67.7. The predicted octanol–water partition coefficient (Wildman–Crippen LogP) is 18.5. The van der Waals surface area contributed by atoms with Gasteiger partial charge in [-0.2, -0.15) is 41.0 Å². The molecule has 0 amide bonds. The lowest BCUT2D eigenvalue weighted by atomic mass is 10.00. The maximum Gasteiger partial charge on any atom is 0.258 e. The minimum Gasteiger partial charge on any atom is -0.490 e. The molecule has 33 heteroatoms. The van der Waals surface area contributed by atoms with Gasteiger partial charge in [-0.25, -0.2) is 26.3 Å². The van der Waals surface area contributed by atoms with Gasteiger partial charge in [-0.3, -0.25) is 9.80 Å². The lowest BCUT2D eigenvalue weighted by Crippen LogP contribution is -2.38. The Bertz CT molecular complexity index is 6440. The largest absolute Gasteiger partial charge is 0.490 e. The highest BCUT2D eigenvalue weighted by molar-refractivity contribution is 7.89. The summed E-state index contributed by atoms with van der Waals surface area (Å²) in [6, 6.07) is 54.7. The van der Waals surface area contributed by atoms with E-state index in [1.807, 2.05) is 104 Å². The predicted molar refractivity (Wildman–Crippen MR) is 529 cm³/mol. The maximum atomic E-state index is 12.9. The van der Waals surface area contributed by atoms with Gasteiger partial charge in [0.1, 0.15) is 47.3 Å². The van der Waals surface area contributed by atoms with E-state index in [-0.39, 0.29) is 48.0 Å². The van der Waals surface area contributed by atoms with E-state index < -0.39 is 20.0 Å². The third-order valence-corrected chi connectivity index (χ3v) is 29.6. The number of ether oxygens (including phenoxy) is 5. The van der Waals surface area contributed by atoms with E-state index in [2.05, 4.69) is 139 Å². The quantitative estimate of drug-likeness (QED) is 0.0460. The van der Waals surface area contributed by atoms with Crippen LogP contribution in [0.5, 0.6) is 23.0 Å². The number of rotatable bonds is 28. The Hall–Kier alpha value is -12.9. The van der Waals surface area contributed by atoms with Gasteiger partial charge in [0, 0.05) is 108 Å². The molecule has 8 heterocycles. The number of nitriles is 4. The summed E-state index contributed by atoms with van der Waals surface area (Å²) < 4.78 is 108. The average molecular weight is 1930 g/mol. The van der Waals surface area contributed by atoms with E-state index in [4.69, 9.17) is 46.8 Å². The number of sulfonamides is 2. The second kappa shape index (κ2) is 44.3. The molecule has 20 rings (SSSR count). The Morgan fingerprint density at radius 2 is 0.679 bits per heavy atom. The number of fused-ring (bicyclic) bond motifs is 4. The molecule has 0 spiro atoms. The molecule has 140 heavy (non-hydrogen) atoms. The van der Waals surface area contributed by atoms with Crippen LogP contribution in [0.25, 0.3) is 91.4 Å². The fourth-order valence-corrected chi connectivity index (χ4v) is 22.9. The molecule has 4 saturated heterocycles. The Labute approximate surface area is 818 Å². The van der Waals surface area contributed by atoms with Crippen LogP contribution in [-0.4, -0.2) is 192 Å². The Kier molecular flexibility index (Phi) is 31.2. The molecular formula is C107H120N18O13S2. The minimum absolute atomic E-state index is 0.00287. The minimum atomic E-state index is -3.42. The van der Waals surface area contributed by atoms with Crippen LogP contribution in [0.1, 0.15) is 218 Å². The normalized spacial score (nSPS) is 19.1. The second-order valence-electron chi connectivity index (χ2n) is 38.4. The number of hydrogen-bond donors (Lipinski definition) is 2. The van der Waals surface area contributed by atoms with Crippen molar-refractivity contribution in [2.24, 2.45) is 11.8 Å². The van der Waals surface area contributed by atoms with Crippen LogP contribution in [0.15, 0.2) is 164 Å². The monoisotopic (exact) mass is 1930 g/mol. The van der Waals surface area contributed by atoms with Crippen LogP contribution >= 0.6 is 0 Å². The van der Waals surface area contributed by atoms with Gasteiger partial charge in [0.25, 0.3) is 23.6 Å². The number of morpholine rings is 1. The van der Waals surface area contributed by atoms with E-state index in [0.29, 0.717) is 171 Å². The van der Waals surface area contributed by atoms with Crippen molar-refractivity contribution in [3.63, 3.8) is 0 Å². The molecule has 12 aromatic rings. The molecule has 6 atom stereocenters. The first-order valence-corrected chi connectivity index (χ1v) is 52.2. The van der Waals surface area contributed by atoms with Gasteiger partial charge < -0.3 is 51.6 Å². The number of nitrogens with zero attached hydrogens (tertiary/aromatic N) is 16. The SMILES string of the molecule is CC(C)Oc1ccc(-c2nc(-c3cccc4c3CCC4N3CCCCC3)no2)cc1C#N.CC(C)Oc1ccc(-c2nc(-c3cccc4c3CCC4N3CCOCC3)no2)cc1C#N.CC(C)Oc1ccc(-c2nc(-c3cccc4c3CC[C@@H]4NS(=O)(=O)CCN3CC[C@@H](C)C3)no2)cc1C#N.CC(C)Oc1ccc(-c2nc(-c3cccc4c3CC[C@@H]4NS(=O)(=O)CCN3CC[C@H](C)C3)no2)cc1C#N.